The van der Waals surface area contributed by atoms with Gasteiger partial charge in [0.05, 0.1) is 24.5 Å². The molecule has 7 nitrogen and oxygen atoms in total. The second kappa shape index (κ2) is 9.37. The van der Waals surface area contributed by atoms with Crippen molar-refractivity contribution in [2.45, 2.75) is 20.8 Å². The number of aryl methyl sites for hydroxylation is 3. The van der Waals surface area contributed by atoms with E-state index in [0.29, 0.717) is 5.82 Å². The van der Waals surface area contributed by atoms with E-state index in [1.807, 2.05) is 75.4 Å². The summed E-state index contributed by atoms with van der Waals surface area (Å²) < 4.78 is 1.73. The Morgan fingerprint density at radius 3 is 2.23 bits per heavy atom. The molecule has 0 atom stereocenters. The van der Waals surface area contributed by atoms with Crippen LogP contribution < -0.4 is 10.6 Å². The molecule has 0 saturated carbocycles. The van der Waals surface area contributed by atoms with Crippen LogP contribution in [0.4, 0.5) is 11.5 Å². The van der Waals surface area contributed by atoms with Gasteiger partial charge in [0.1, 0.15) is 5.82 Å². The molecule has 0 unspecified atom stereocenters. The van der Waals surface area contributed by atoms with E-state index in [1.165, 1.54) is 0 Å². The van der Waals surface area contributed by atoms with Crippen LogP contribution in [-0.4, -0.2) is 46.6 Å². The summed E-state index contributed by atoms with van der Waals surface area (Å²) in [4.78, 5) is 26.4. The highest BCUT2D eigenvalue weighted by molar-refractivity contribution is 5.94. The summed E-state index contributed by atoms with van der Waals surface area (Å²) >= 11 is 0. The summed E-state index contributed by atoms with van der Waals surface area (Å²) in [6.45, 7) is 6.06. The molecule has 0 aliphatic carbocycles. The molecule has 2 amide bonds. The number of amides is 2. The number of carbonyl (C=O) groups excluding carboxylic acids is 2. The molecule has 0 saturated heterocycles. The smallest absolute Gasteiger partial charge is 0.239 e. The first-order valence-electron chi connectivity index (χ1n) is 9.79. The number of nitrogens with one attached hydrogen (secondary N) is 2. The maximum absolute atomic E-state index is 12.6. The van der Waals surface area contributed by atoms with Gasteiger partial charge in [-0.25, -0.2) is 4.68 Å². The number of nitrogens with zero attached hydrogens (tertiary/aromatic N) is 3. The maximum Gasteiger partial charge on any atom is 0.239 e. The predicted octanol–water partition coefficient (Wildman–Crippen LogP) is 3.31. The summed E-state index contributed by atoms with van der Waals surface area (Å²) in [7, 11) is 1.73. The van der Waals surface area contributed by atoms with Crippen molar-refractivity contribution < 1.29 is 9.59 Å². The van der Waals surface area contributed by atoms with Gasteiger partial charge >= 0.3 is 0 Å². The van der Waals surface area contributed by atoms with E-state index in [1.54, 1.807) is 16.6 Å². The van der Waals surface area contributed by atoms with Crippen LogP contribution in [0.15, 0.2) is 54.6 Å². The zero-order valence-electron chi connectivity index (χ0n) is 17.8. The Morgan fingerprint density at radius 1 is 0.933 bits per heavy atom. The van der Waals surface area contributed by atoms with Gasteiger partial charge < -0.3 is 10.6 Å². The van der Waals surface area contributed by atoms with Crippen LogP contribution in [0.25, 0.3) is 5.69 Å². The largest absolute Gasteiger partial charge is 0.325 e. The number of carbonyl (C=O) groups is 2. The molecule has 1 aromatic heterocycles. The molecule has 2 N–H and O–H groups in total. The average Bonchev–Trinajstić information content (AvgIpc) is 3.03. The molecule has 0 radical (unpaired) electrons. The van der Waals surface area contributed by atoms with Gasteiger partial charge in [-0.3, -0.25) is 14.5 Å². The average molecular weight is 406 g/mol. The molecular formula is C23H27N5O2. The van der Waals surface area contributed by atoms with Gasteiger partial charge in [-0.2, -0.15) is 5.10 Å². The van der Waals surface area contributed by atoms with Crippen molar-refractivity contribution in [1.82, 2.24) is 14.7 Å². The topological polar surface area (TPSA) is 79.3 Å². The zero-order valence-corrected chi connectivity index (χ0v) is 17.8. The maximum atomic E-state index is 12.6. The van der Waals surface area contributed by atoms with Crippen LogP contribution in [0, 0.1) is 20.8 Å². The van der Waals surface area contributed by atoms with Crippen LogP contribution in [0.1, 0.15) is 16.8 Å². The number of benzene rings is 2. The first kappa shape index (κ1) is 21.3. The lowest BCUT2D eigenvalue weighted by Gasteiger charge is -2.17. The molecule has 0 fully saturated rings. The van der Waals surface area contributed by atoms with E-state index in [9.17, 15) is 9.59 Å². The SMILES string of the molecule is Cc1ccc(NC(=O)CN(C)CC(=O)Nc2cc(C)nn2-c2ccccc2C)cc1. The highest BCUT2D eigenvalue weighted by atomic mass is 16.2. The molecule has 2 aromatic carbocycles. The predicted molar refractivity (Wildman–Crippen MR) is 119 cm³/mol. The van der Waals surface area contributed by atoms with Crippen molar-refractivity contribution in [1.29, 1.82) is 0 Å². The molecule has 3 aromatic rings. The van der Waals surface area contributed by atoms with Crippen LogP contribution in [0.3, 0.4) is 0 Å². The molecule has 1 heterocycles. The van der Waals surface area contributed by atoms with Gasteiger partial charge in [0.25, 0.3) is 0 Å². The molecule has 30 heavy (non-hydrogen) atoms. The zero-order chi connectivity index (χ0) is 21.7. The fourth-order valence-electron chi connectivity index (χ4n) is 3.14. The molecule has 7 heteroatoms. The van der Waals surface area contributed by atoms with Gasteiger partial charge in [-0.05, 0) is 51.6 Å². The Balaban J connectivity index is 1.58. The minimum absolute atomic E-state index is 0.0827. The van der Waals surface area contributed by atoms with Crippen molar-refractivity contribution in [2.75, 3.05) is 30.8 Å². The Kier molecular flexibility index (Phi) is 6.64. The third-order valence-corrected chi connectivity index (χ3v) is 4.61. The molecule has 0 spiro atoms. The van der Waals surface area contributed by atoms with E-state index in [4.69, 9.17) is 0 Å². The van der Waals surface area contributed by atoms with Gasteiger partial charge in [0.2, 0.25) is 11.8 Å². The van der Waals surface area contributed by atoms with Crippen molar-refractivity contribution in [3.05, 3.63) is 71.4 Å². The molecule has 156 valence electrons. The van der Waals surface area contributed by atoms with Gasteiger partial charge in [-0.15, -0.1) is 0 Å². The standard InChI is InChI=1S/C23H27N5O2/c1-16-9-11-19(12-10-16)24-22(29)14-27(4)15-23(30)25-21-13-18(3)26-28(21)20-8-6-5-7-17(20)2/h5-13H,14-15H2,1-4H3,(H,24,29)(H,25,30). The number of likely N-dealkylation sites (N-methyl/N-ethyl adjacent to an activating group) is 1. The van der Waals surface area contributed by atoms with E-state index in [0.717, 1.165) is 28.2 Å². The lowest BCUT2D eigenvalue weighted by Crippen LogP contribution is -2.36. The number of hydrogen-bond donors (Lipinski definition) is 2. The Labute approximate surface area is 176 Å². The number of aromatic nitrogens is 2. The first-order valence-corrected chi connectivity index (χ1v) is 9.79. The van der Waals surface area contributed by atoms with Gasteiger partial charge in [0.15, 0.2) is 0 Å². The van der Waals surface area contributed by atoms with Gasteiger partial charge in [0, 0.05) is 11.8 Å². The molecular weight excluding hydrogens is 378 g/mol. The summed E-state index contributed by atoms with van der Waals surface area (Å²) in [6, 6.07) is 17.3. The summed E-state index contributed by atoms with van der Waals surface area (Å²) in [5, 5.41) is 10.2. The third-order valence-electron chi connectivity index (χ3n) is 4.61. The normalized spacial score (nSPS) is 10.8. The summed E-state index contributed by atoms with van der Waals surface area (Å²) in [5.74, 6) is 0.217. The number of para-hydroxylation sites is 1. The molecule has 3 rings (SSSR count). The van der Waals surface area contributed by atoms with Crippen molar-refractivity contribution in [3.8, 4) is 5.69 Å². The third kappa shape index (κ3) is 5.55. The van der Waals surface area contributed by atoms with Crippen LogP contribution in [0.2, 0.25) is 0 Å². The van der Waals surface area contributed by atoms with Crippen molar-refractivity contribution in [3.63, 3.8) is 0 Å². The van der Waals surface area contributed by atoms with Crippen LogP contribution in [0.5, 0.6) is 0 Å². The first-order chi connectivity index (χ1) is 14.3. The lowest BCUT2D eigenvalue weighted by molar-refractivity contribution is -0.119. The monoisotopic (exact) mass is 405 g/mol. The fraction of sp³-hybridized carbons (Fsp3) is 0.261. The summed E-state index contributed by atoms with van der Waals surface area (Å²) in [5.41, 5.74) is 4.63. The Morgan fingerprint density at radius 2 is 1.57 bits per heavy atom. The number of rotatable bonds is 7. The number of anilines is 2. The molecule has 0 aliphatic heterocycles. The lowest BCUT2D eigenvalue weighted by atomic mass is 10.2. The highest BCUT2D eigenvalue weighted by Crippen LogP contribution is 2.20. The van der Waals surface area contributed by atoms with Crippen LogP contribution in [-0.2, 0) is 9.59 Å². The van der Waals surface area contributed by atoms with Gasteiger partial charge in [-0.1, -0.05) is 35.9 Å². The highest BCUT2D eigenvalue weighted by Gasteiger charge is 2.15. The van der Waals surface area contributed by atoms with E-state index < -0.39 is 0 Å². The quantitative estimate of drug-likeness (QED) is 0.632. The number of hydrogen-bond acceptors (Lipinski definition) is 4. The Hall–Kier alpha value is -3.45. The van der Waals surface area contributed by atoms with Crippen LogP contribution >= 0.6 is 0 Å². The van der Waals surface area contributed by atoms with E-state index in [-0.39, 0.29) is 24.9 Å². The summed E-state index contributed by atoms with van der Waals surface area (Å²) in [6.07, 6.45) is 0. The molecule has 0 aliphatic rings. The Bertz CT molecular complexity index is 1040. The molecule has 0 bridgehead atoms. The van der Waals surface area contributed by atoms with Crippen molar-refractivity contribution in [2.24, 2.45) is 0 Å². The minimum atomic E-state index is -0.213. The van der Waals surface area contributed by atoms with Crippen molar-refractivity contribution >= 4 is 23.3 Å². The minimum Gasteiger partial charge on any atom is -0.325 e. The van der Waals surface area contributed by atoms with E-state index in [2.05, 4.69) is 15.7 Å². The fourth-order valence-corrected chi connectivity index (χ4v) is 3.14. The second-order valence-corrected chi connectivity index (χ2v) is 7.50. The second-order valence-electron chi connectivity index (χ2n) is 7.50. The van der Waals surface area contributed by atoms with E-state index >= 15 is 0 Å².